The van der Waals surface area contributed by atoms with Gasteiger partial charge in [-0.3, -0.25) is 4.79 Å². The summed E-state index contributed by atoms with van der Waals surface area (Å²) in [5, 5.41) is 12.3. The van der Waals surface area contributed by atoms with E-state index in [-0.39, 0.29) is 23.5 Å². The van der Waals surface area contributed by atoms with Crippen LogP contribution in [0.3, 0.4) is 0 Å². The van der Waals surface area contributed by atoms with E-state index in [0.29, 0.717) is 0 Å². The van der Waals surface area contributed by atoms with Gasteiger partial charge in [-0.05, 0) is 24.7 Å². The first-order valence-electron chi connectivity index (χ1n) is 6.76. The van der Waals surface area contributed by atoms with E-state index in [0.717, 1.165) is 32.4 Å². The largest absolute Gasteiger partial charge is 0.477 e. The predicted octanol–water partition coefficient (Wildman–Crippen LogP) is 1.25. The van der Waals surface area contributed by atoms with E-state index in [1.807, 2.05) is 0 Å². The minimum atomic E-state index is -1.12. The van der Waals surface area contributed by atoms with Crippen LogP contribution in [0.25, 0.3) is 0 Å². The summed E-state index contributed by atoms with van der Waals surface area (Å²) in [6.07, 6.45) is 2.42. The van der Waals surface area contributed by atoms with Crippen molar-refractivity contribution in [3.05, 3.63) is 0 Å². The Balaban J connectivity index is 1.95. The van der Waals surface area contributed by atoms with Crippen LogP contribution in [0.2, 0.25) is 0 Å². The van der Waals surface area contributed by atoms with Gasteiger partial charge in [-0.2, -0.15) is 0 Å². The molecule has 1 amide bonds. The molecule has 2 aliphatic heterocycles. The summed E-state index contributed by atoms with van der Waals surface area (Å²) in [5.74, 6) is -1.25. The van der Waals surface area contributed by atoms with Crippen molar-refractivity contribution in [2.45, 2.75) is 45.6 Å². The zero-order valence-corrected chi connectivity index (χ0v) is 11.4. The monoisotopic (exact) mass is 268 g/mol. The van der Waals surface area contributed by atoms with E-state index in [9.17, 15) is 9.59 Å². The molecule has 0 aliphatic carbocycles. The van der Waals surface area contributed by atoms with Gasteiger partial charge < -0.3 is 14.8 Å². The number of nitrogens with zero attached hydrogens (tertiary/aromatic N) is 2. The lowest BCUT2D eigenvalue weighted by atomic mass is 9.82. The van der Waals surface area contributed by atoms with Crippen LogP contribution in [-0.2, 0) is 14.4 Å². The van der Waals surface area contributed by atoms with Gasteiger partial charge in [0.2, 0.25) is 6.10 Å². The van der Waals surface area contributed by atoms with Crippen molar-refractivity contribution in [1.82, 2.24) is 4.90 Å². The third kappa shape index (κ3) is 2.57. The fourth-order valence-electron chi connectivity index (χ4n) is 2.79. The molecule has 106 valence electrons. The normalized spacial score (nSPS) is 25.1. The molecule has 6 heteroatoms. The number of hydrogen-bond acceptors (Lipinski definition) is 4. The fraction of sp³-hybridized carbons (Fsp3) is 0.769. The average molecular weight is 268 g/mol. The topological polar surface area (TPSA) is 79.2 Å². The number of carboxylic acids is 1. The van der Waals surface area contributed by atoms with E-state index >= 15 is 0 Å². The highest BCUT2D eigenvalue weighted by Gasteiger charge is 2.41. The van der Waals surface area contributed by atoms with Crippen LogP contribution in [-0.4, -0.2) is 46.8 Å². The number of likely N-dealkylation sites (tertiary alicyclic amines) is 1. The standard InChI is InChI=1S/C13H20N2O4/c1-3-13(4-2)5-6-15(8-13)11(16)10-7-9(12(17)18)14-19-10/h10H,3-8H2,1-2H3,(H,17,18). The van der Waals surface area contributed by atoms with Crippen LogP contribution in [0.5, 0.6) is 0 Å². The number of oxime groups is 1. The Bertz CT molecular complexity index is 415. The molecule has 1 atom stereocenters. The zero-order chi connectivity index (χ0) is 14.0. The maximum atomic E-state index is 12.3. The Morgan fingerprint density at radius 3 is 2.63 bits per heavy atom. The molecule has 1 fully saturated rings. The second-order valence-corrected chi connectivity index (χ2v) is 5.36. The van der Waals surface area contributed by atoms with E-state index in [4.69, 9.17) is 9.94 Å². The van der Waals surface area contributed by atoms with Gasteiger partial charge in [0, 0.05) is 19.5 Å². The SMILES string of the molecule is CCC1(CC)CCN(C(=O)C2CC(C(=O)O)=NO2)C1. The molecule has 1 N–H and O–H groups in total. The third-order valence-corrected chi connectivity index (χ3v) is 4.44. The first kappa shape index (κ1) is 13.8. The molecule has 0 bridgehead atoms. The highest BCUT2D eigenvalue weighted by Crippen LogP contribution is 2.37. The Morgan fingerprint density at radius 2 is 2.16 bits per heavy atom. The molecule has 1 saturated heterocycles. The molecule has 2 rings (SSSR count). The quantitative estimate of drug-likeness (QED) is 0.832. The molecule has 1 unspecified atom stereocenters. The van der Waals surface area contributed by atoms with Crippen LogP contribution in [0.1, 0.15) is 39.5 Å². The average Bonchev–Trinajstić information content (AvgIpc) is 3.05. The number of carboxylic acid groups (broad SMARTS) is 1. The second-order valence-electron chi connectivity index (χ2n) is 5.36. The lowest BCUT2D eigenvalue weighted by Crippen LogP contribution is -2.39. The smallest absolute Gasteiger partial charge is 0.353 e. The summed E-state index contributed by atoms with van der Waals surface area (Å²) < 4.78 is 0. The summed E-state index contributed by atoms with van der Waals surface area (Å²) >= 11 is 0. The highest BCUT2D eigenvalue weighted by molar-refractivity contribution is 6.36. The van der Waals surface area contributed by atoms with Crippen LogP contribution in [0, 0.1) is 5.41 Å². The van der Waals surface area contributed by atoms with Gasteiger partial charge in [0.15, 0.2) is 5.71 Å². The van der Waals surface area contributed by atoms with Crippen molar-refractivity contribution < 1.29 is 19.5 Å². The number of amides is 1. The minimum Gasteiger partial charge on any atom is -0.477 e. The lowest BCUT2D eigenvalue weighted by molar-refractivity contribution is -0.141. The summed E-state index contributed by atoms with van der Waals surface area (Å²) in [5.41, 5.74) is 0.139. The summed E-state index contributed by atoms with van der Waals surface area (Å²) in [6, 6.07) is 0. The van der Waals surface area contributed by atoms with Crippen molar-refractivity contribution in [2.75, 3.05) is 13.1 Å². The molecule has 0 saturated carbocycles. The molecule has 19 heavy (non-hydrogen) atoms. The van der Waals surface area contributed by atoms with Crippen LogP contribution in [0.4, 0.5) is 0 Å². The highest BCUT2D eigenvalue weighted by atomic mass is 16.6. The van der Waals surface area contributed by atoms with E-state index < -0.39 is 12.1 Å². The maximum absolute atomic E-state index is 12.3. The molecule has 6 nitrogen and oxygen atoms in total. The van der Waals surface area contributed by atoms with Gasteiger partial charge in [-0.25, -0.2) is 4.79 Å². The Kier molecular flexibility index (Phi) is 3.78. The van der Waals surface area contributed by atoms with Gasteiger partial charge >= 0.3 is 5.97 Å². The number of hydrogen-bond donors (Lipinski definition) is 1. The Labute approximate surface area is 112 Å². The van der Waals surface area contributed by atoms with Crippen LogP contribution < -0.4 is 0 Å². The predicted molar refractivity (Wildman–Crippen MR) is 68.8 cm³/mol. The molecule has 0 aromatic heterocycles. The second kappa shape index (κ2) is 5.19. The van der Waals surface area contributed by atoms with E-state index in [1.54, 1.807) is 4.90 Å². The first-order chi connectivity index (χ1) is 9.01. The van der Waals surface area contributed by atoms with Crippen molar-refractivity contribution in [1.29, 1.82) is 0 Å². The van der Waals surface area contributed by atoms with Gasteiger partial charge in [0.25, 0.3) is 5.91 Å². The number of carbonyl (C=O) groups is 2. The Morgan fingerprint density at radius 1 is 1.47 bits per heavy atom. The molecular formula is C13H20N2O4. The van der Waals surface area contributed by atoms with Crippen molar-refractivity contribution in [3.8, 4) is 0 Å². The molecule has 0 aromatic rings. The van der Waals surface area contributed by atoms with Crippen molar-refractivity contribution in [2.24, 2.45) is 10.6 Å². The van der Waals surface area contributed by atoms with Gasteiger partial charge in [-0.1, -0.05) is 19.0 Å². The van der Waals surface area contributed by atoms with E-state index in [1.165, 1.54) is 0 Å². The van der Waals surface area contributed by atoms with Gasteiger partial charge in [0.05, 0.1) is 0 Å². The molecule has 0 radical (unpaired) electrons. The third-order valence-electron chi connectivity index (χ3n) is 4.44. The van der Waals surface area contributed by atoms with Crippen LogP contribution >= 0.6 is 0 Å². The molecule has 2 aliphatic rings. The van der Waals surface area contributed by atoms with Crippen molar-refractivity contribution >= 4 is 17.6 Å². The minimum absolute atomic E-state index is 0.0654. The van der Waals surface area contributed by atoms with Gasteiger partial charge in [0.1, 0.15) is 0 Å². The maximum Gasteiger partial charge on any atom is 0.353 e. The Hall–Kier alpha value is -1.59. The molecule has 0 spiro atoms. The van der Waals surface area contributed by atoms with Gasteiger partial charge in [-0.15, -0.1) is 0 Å². The lowest BCUT2D eigenvalue weighted by Gasteiger charge is -2.26. The number of aliphatic carboxylic acids is 1. The fourth-order valence-corrected chi connectivity index (χ4v) is 2.79. The summed E-state index contributed by atoms with van der Waals surface area (Å²) in [7, 11) is 0. The van der Waals surface area contributed by atoms with E-state index in [2.05, 4.69) is 19.0 Å². The molecular weight excluding hydrogens is 248 g/mol. The van der Waals surface area contributed by atoms with Crippen LogP contribution in [0.15, 0.2) is 5.16 Å². The zero-order valence-electron chi connectivity index (χ0n) is 11.4. The first-order valence-corrected chi connectivity index (χ1v) is 6.76. The number of rotatable bonds is 4. The van der Waals surface area contributed by atoms with Crippen molar-refractivity contribution in [3.63, 3.8) is 0 Å². The summed E-state index contributed by atoms with van der Waals surface area (Å²) in [4.78, 5) is 29.8. The molecule has 2 heterocycles. The number of carbonyl (C=O) groups excluding carboxylic acids is 1. The summed E-state index contributed by atoms with van der Waals surface area (Å²) in [6.45, 7) is 5.76. The molecule has 0 aromatic carbocycles.